The van der Waals surface area contributed by atoms with E-state index in [9.17, 15) is 19.2 Å². The number of aliphatic carboxylic acids is 1. The smallest absolute Gasteiger partial charge is 0.323 e. The molecule has 0 saturated carbocycles. The van der Waals surface area contributed by atoms with E-state index in [0.717, 1.165) is 21.7 Å². The number of benzene rings is 3. The van der Waals surface area contributed by atoms with Crippen molar-refractivity contribution in [2.75, 3.05) is 22.2 Å². The highest BCUT2D eigenvalue weighted by molar-refractivity contribution is 7.98. The Labute approximate surface area is 225 Å². The first-order valence-electron chi connectivity index (χ1n) is 11.8. The Morgan fingerprint density at radius 2 is 1.58 bits per heavy atom. The minimum absolute atomic E-state index is 0.124. The molecule has 0 aromatic heterocycles. The predicted molar refractivity (Wildman–Crippen MR) is 150 cm³/mol. The van der Waals surface area contributed by atoms with Gasteiger partial charge in [0, 0.05) is 23.2 Å². The largest absolute Gasteiger partial charge is 0.481 e. The molecule has 0 radical (unpaired) electrons. The number of carbonyl (C=O) groups is 4. The van der Waals surface area contributed by atoms with E-state index in [2.05, 4.69) is 21.3 Å². The Morgan fingerprint density at radius 3 is 2.21 bits per heavy atom. The zero-order chi connectivity index (χ0) is 27.7. The molecule has 3 aromatic rings. The van der Waals surface area contributed by atoms with Crippen LogP contribution in [0.5, 0.6) is 0 Å². The summed E-state index contributed by atoms with van der Waals surface area (Å²) in [7, 11) is 0. The van der Waals surface area contributed by atoms with Gasteiger partial charge in [0.15, 0.2) is 0 Å². The summed E-state index contributed by atoms with van der Waals surface area (Å²) in [5, 5.41) is 20.3. The van der Waals surface area contributed by atoms with Crippen LogP contribution in [0.25, 0.3) is 0 Å². The monoisotopic (exact) mass is 534 g/mol. The summed E-state index contributed by atoms with van der Waals surface area (Å²) in [6.07, 6.45) is 1.77. The Balaban J connectivity index is 1.61. The highest BCUT2D eigenvalue weighted by atomic mass is 32.2. The van der Waals surface area contributed by atoms with Crippen molar-refractivity contribution in [1.29, 1.82) is 0 Å². The average molecular weight is 535 g/mol. The Hall–Kier alpha value is -4.31. The molecule has 0 fully saturated rings. The number of carboxylic acid groups (broad SMARTS) is 1. The second-order valence-corrected chi connectivity index (χ2v) is 9.47. The molecule has 0 spiro atoms. The SMILES string of the molecule is CSc1cc(CC(=O)Nc2ccc([C@@H](CC(=O)O)NC(C)=O)cc2)ccc1NC(=O)Nc1ccccc1C. The maximum Gasteiger partial charge on any atom is 0.323 e. The number of carbonyl (C=O) groups excluding carboxylic acids is 3. The van der Waals surface area contributed by atoms with E-state index < -0.39 is 12.0 Å². The fraction of sp³-hybridized carbons (Fsp3) is 0.214. The number of hydrogen-bond acceptors (Lipinski definition) is 5. The van der Waals surface area contributed by atoms with Crippen molar-refractivity contribution in [1.82, 2.24) is 5.32 Å². The molecular formula is C28H30N4O5S. The molecule has 5 N–H and O–H groups in total. The third-order valence-corrected chi connectivity index (χ3v) is 6.40. The van der Waals surface area contributed by atoms with E-state index >= 15 is 0 Å². The van der Waals surface area contributed by atoms with E-state index in [4.69, 9.17) is 5.11 Å². The van der Waals surface area contributed by atoms with Gasteiger partial charge in [0.25, 0.3) is 0 Å². The second-order valence-electron chi connectivity index (χ2n) is 8.63. The maximum atomic E-state index is 12.7. The van der Waals surface area contributed by atoms with Crippen molar-refractivity contribution in [2.45, 2.75) is 37.6 Å². The zero-order valence-corrected chi connectivity index (χ0v) is 22.1. The van der Waals surface area contributed by atoms with Crippen molar-refractivity contribution < 1.29 is 24.3 Å². The molecule has 198 valence electrons. The van der Waals surface area contributed by atoms with Gasteiger partial charge in [0.05, 0.1) is 24.6 Å². The van der Waals surface area contributed by atoms with Crippen LogP contribution in [-0.2, 0) is 20.8 Å². The van der Waals surface area contributed by atoms with Gasteiger partial charge in [-0.1, -0.05) is 36.4 Å². The molecule has 0 aliphatic rings. The van der Waals surface area contributed by atoms with E-state index in [0.29, 0.717) is 16.9 Å². The number of amides is 4. The first-order chi connectivity index (χ1) is 18.1. The number of aryl methyl sites for hydroxylation is 1. The zero-order valence-electron chi connectivity index (χ0n) is 21.3. The summed E-state index contributed by atoms with van der Waals surface area (Å²) < 4.78 is 0. The van der Waals surface area contributed by atoms with Crippen LogP contribution in [0.4, 0.5) is 21.9 Å². The number of anilines is 3. The van der Waals surface area contributed by atoms with Crippen LogP contribution in [0.15, 0.2) is 71.6 Å². The Bertz CT molecular complexity index is 1310. The van der Waals surface area contributed by atoms with Gasteiger partial charge >= 0.3 is 12.0 Å². The van der Waals surface area contributed by atoms with Crippen LogP contribution >= 0.6 is 11.8 Å². The average Bonchev–Trinajstić information content (AvgIpc) is 2.86. The molecule has 0 saturated heterocycles. The highest BCUT2D eigenvalue weighted by Gasteiger charge is 2.17. The molecule has 10 heteroatoms. The van der Waals surface area contributed by atoms with Gasteiger partial charge in [-0.2, -0.15) is 0 Å². The molecule has 0 heterocycles. The summed E-state index contributed by atoms with van der Waals surface area (Å²) in [5.74, 6) is -1.59. The fourth-order valence-electron chi connectivity index (χ4n) is 3.80. The van der Waals surface area contributed by atoms with Crippen molar-refractivity contribution in [3.63, 3.8) is 0 Å². The number of rotatable bonds is 10. The van der Waals surface area contributed by atoms with E-state index in [1.807, 2.05) is 43.5 Å². The molecule has 0 bridgehead atoms. The molecule has 4 amide bonds. The van der Waals surface area contributed by atoms with Crippen LogP contribution < -0.4 is 21.3 Å². The van der Waals surface area contributed by atoms with Gasteiger partial charge in [-0.3, -0.25) is 14.4 Å². The highest BCUT2D eigenvalue weighted by Crippen LogP contribution is 2.27. The minimum atomic E-state index is -1.03. The summed E-state index contributed by atoms with van der Waals surface area (Å²) in [4.78, 5) is 48.5. The predicted octanol–water partition coefficient (Wildman–Crippen LogP) is 5.19. The second kappa shape index (κ2) is 13.3. The standard InChI is InChI=1S/C28H30N4O5S/c1-17-6-4-5-7-22(17)31-28(37)32-23-13-8-19(14-25(23)38-3)15-26(34)30-21-11-9-20(10-12-21)24(16-27(35)36)29-18(2)33/h4-14,24H,15-16H2,1-3H3,(H,29,33)(H,30,34)(H,35,36)(H2,31,32,37)/t24-/m1/s1. The molecule has 0 aliphatic carbocycles. The molecule has 0 unspecified atom stereocenters. The van der Waals surface area contributed by atoms with Crippen molar-refractivity contribution in [2.24, 2.45) is 0 Å². The van der Waals surface area contributed by atoms with Gasteiger partial charge in [0.1, 0.15) is 0 Å². The normalized spacial score (nSPS) is 11.2. The summed E-state index contributed by atoms with van der Waals surface area (Å²) in [6, 6.07) is 18.6. The number of carboxylic acids is 1. The number of nitrogens with one attached hydrogen (secondary N) is 4. The van der Waals surface area contributed by atoms with E-state index in [1.54, 1.807) is 36.4 Å². The lowest BCUT2D eigenvalue weighted by Gasteiger charge is -2.17. The van der Waals surface area contributed by atoms with Crippen molar-refractivity contribution >= 4 is 52.6 Å². The Kier molecular flexibility index (Phi) is 9.89. The van der Waals surface area contributed by atoms with Crippen LogP contribution in [0, 0.1) is 6.92 Å². The molecule has 0 aliphatic heterocycles. The number of hydrogen-bond donors (Lipinski definition) is 5. The minimum Gasteiger partial charge on any atom is -0.481 e. The molecular weight excluding hydrogens is 504 g/mol. The topological polar surface area (TPSA) is 137 Å². The van der Waals surface area contributed by atoms with Gasteiger partial charge < -0.3 is 26.4 Å². The molecule has 38 heavy (non-hydrogen) atoms. The maximum absolute atomic E-state index is 12.7. The van der Waals surface area contributed by atoms with Crippen LogP contribution in [-0.4, -0.2) is 35.2 Å². The summed E-state index contributed by atoms with van der Waals surface area (Å²) >= 11 is 1.46. The lowest BCUT2D eigenvalue weighted by atomic mass is 10.0. The molecule has 1 atom stereocenters. The van der Waals surface area contributed by atoms with Gasteiger partial charge in [-0.15, -0.1) is 11.8 Å². The lowest BCUT2D eigenvalue weighted by molar-refractivity contribution is -0.137. The summed E-state index contributed by atoms with van der Waals surface area (Å²) in [6.45, 7) is 3.24. The molecule has 3 aromatic carbocycles. The molecule has 3 rings (SSSR count). The number of urea groups is 1. The number of para-hydroxylation sites is 1. The van der Waals surface area contributed by atoms with Gasteiger partial charge in [-0.25, -0.2) is 4.79 Å². The fourth-order valence-corrected chi connectivity index (χ4v) is 4.41. The van der Waals surface area contributed by atoms with Crippen LogP contribution in [0.1, 0.15) is 36.1 Å². The van der Waals surface area contributed by atoms with E-state index in [1.165, 1.54) is 18.7 Å². The van der Waals surface area contributed by atoms with Gasteiger partial charge in [-0.05, 0) is 60.2 Å². The molecule has 9 nitrogen and oxygen atoms in total. The third kappa shape index (κ3) is 8.38. The van der Waals surface area contributed by atoms with Crippen LogP contribution in [0.3, 0.4) is 0 Å². The third-order valence-electron chi connectivity index (χ3n) is 5.63. The van der Waals surface area contributed by atoms with Crippen molar-refractivity contribution in [3.05, 3.63) is 83.4 Å². The van der Waals surface area contributed by atoms with Crippen LogP contribution in [0.2, 0.25) is 0 Å². The first-order valence-corrected chi connectivity index (χ1v) is 13.1. The Morgan fingerprint density at radius 1 is 0.895 bits per heavy atom. The lowest BCUT2D eigenvalue weighted by Crippen LogP contribution is -2.28. The quantitative estimate of drug-likeness (QED) is 0.227. The number of thioether (sulfide) groups is 1. The van der Waals surface area contributed by atoms with Crippen molar-refractivity contribution in [3.8, 4) is 0 Å². The first kappa shape index (κ1) is 28.3. The van der Waals surface area contributed by atoms with Gasteiger partial charge in [0.2, 0.25) is 11.8 Å². The van der Waals surface area contributed by atoms with E-state index in [-0.39, 0.29) is 30.7 Å². The summed E-state index contributed by atoms with van der Waals surface area (Å²) in [5.41, 5.74) is 4.27.